The molecule has 0 spiro atoms. The molecule has 0 unspecified atom stereocenters. The highest BCUT2D eigenvalue weighted by Gasteiger charge is 2.22. The number of nitrogen functional groups attached to an aromatic ring is 1. The fourth-order valence-electron chi connectivity index (χ4n) is 3.40. The van der Waals surface area contributed by atoms with Crippen LogP contribution in [0.3, 0.4) is 0 Å². The van der Waals surface area contributed by atoms with Crippen molar-refractivity contribution in [1.29, 1.82) is 5.26 Å². The molecule has 2 aromatic carbocycles. The minimum absolute atomic E-state index is 0.140. The first-order valence-electron chi connectivity index (χ1n) is 10.7. The average Bonchev–Trinajstić information content (AvgIpc) is 3.34. The van der Waals surface area contributed by atoms with Crippen molar-refractivity contribution in [3.05, 3.63) is 69.9 Å². The average molecular weight is 494 g/mol. The number of anilines is 1. The van der Waals surface area contributed by atoms with Crippen LogP contribution in [0.4, 0.5) is 10.2 Å². The van der Waals surface area contributed by atoms with Crippen molar-refractivity contribution in [1.82, 2.24) is 14.8 Å². The molecule has 10 heteroatoms. The Morgan fingerprint density at radius 2 is 1.89 bits per heavy atom. The third-order valence-electron chi connectivity index (χ3n) is 4.90. The van der Waals surface area contributed by atoms with E-state index in [1.165, 1.54) is 28.2 Å². The molecule has 0 bridgehead atoms. The Kier molecular flexibility index (Phi) is 6.73. The van der Waals surface area contributed by atoms with E-state index in [9.17, 15) is 14.8 Å². The topological polar surface area (TPSA) is 119 Å². The van der Waals surface area contributed by atoms with Gasteiger partial charge in [-0.05, 0) is 45.0 Å². The summed E-state index contributed by atoms with van der Waals surface area (Å²) in [6, 6.07) is 13.1. The number of aliphatic hydroxyl groups is 1. The molecule has 0 radical (unpaired) electrons. The quantitative estimate of drug-likeness (QED) is 0.352. The van der Waals surface area contributed by atoms with Gasteiger partial charge in [-0.15, -0.1) is 11.3 Å². The molecule has 0 aliphatic carbocycles. The van der Waals surface area contributed by atoms with E-state index in [0.717, 1.165) is 9.88 Å². The van der Waals surface area contributed by atoms with Crippen LogP contribution in [0.5, 0.6) is 17.2 Å². The van der Waals surface area contributed by atoms with E-state index < -0.39 is 11.4 Å². The van der Waals surface area contributed by atoms with Gasteiger partial charge in [-0.1, -0.05) is 0 Å². The Labute approximate surface area is 206 Å². The van der Waals surface area contributed by atoms with E-state index in [4.69, 9.17) is 15.2 Å². The maximum Gasteiger partial charge on any atom is 0.140 e. The lowest BCUT2D eigenvalue weighted by Crippen LogP contribution is -2.27. The maximum atomic E-state index is 14.1. The molecule has 2 heterocycles. The molecule has 0 saturated heterocycles. The smallest absolute Gasteiger partial charge is 0.140 e. The monoisotopic (exact) mass is 493 g/mol. The van der Waals surface area contributed by atoms with Crippen molar-refractivity contribution in [3.63, 3.8) is 0 Å². The normalized spacial score (nSPS) is 11.3. The van der Waals surface area contributed by atoms with Gasteiger partial charge in [0.2, 0.25) is 0 Å². The van der Waals surface area contributed by atoms with Gasteiger partial charge in [0.25, 0.3) is 0 Å². The highest BCUT2D eigenvalue weighted by molar-refractivity contribution is 7.11. The molecule has 8 nitrogen and oxygen atoms in total. The lowest BCUT2D eigenvalue weighted by molar-refractivity contribution is 0.0585. The van der Waals surface area contributed by atoms with E-state index in [0.29, 0.717) is 22.8 Å². The summed E-state index contributed by atoms with van der Waals surface area (Å²) in [4.78, 5) is 5.12. The number of nitrogens with two attached hydrogens (primary N) is 1. The number of halogens is 1. The first-order valence-corrected chi connectivity index (χ1v) is 11.5. The number of thiazole rings is 1. The van der Waals surface area contributed by atoms with Crippen LogP contribution in [0.25, 0.3) is 11.3 Å². The van der Waals surface area contributed by atoms with Crippen LogP contribution in [0.15, 0.2) is 48.7 Å². The Morgan fingerprint density at radius 3 is 2.51 bits per heavy atom. The number of rotatable bonds is 8. The van der Waals surface area contributed by atoms with Gasteiger partial charge in [0.15, 0.2) is 0 Å². The summed E-state index contributed by atoms with van der Waals surface area (Å²) in [5, 5.41) is 25.0. The van der Waals surface area contributed by atoms with E-state index in [-0.39, 0.29) is 30.3 Å². The molecule has 180 valence electrons. The van der Waals surface area contributed by atoms with Gasteiger partial charge in [0.1, 0.15) is 52.8 Å². The van der Waals surface area contributed by atoms with E-state index in [1.54, 1.807) is 50.4 Å². The van der Waals surface area contributed by atoms with Crippen molar-refractivity contribution in [2.24, 2.45) is 0 Å². The van der Waals surface area contributed by atoms with Crippen LogP contribution >= 0.6 is 11.3 Å². The summed E-state index contributed by atoms with van der Waals surface area (Å²) in [5.74, 6) is 0.788. The molecule has 0 saturated carbocycles. The molecule has 2 aromatic heterocycles. The predicted molar refractivity (Wildman–Crippen MR) is 131 cm³/mol. The molecular formula is C25H24FN5O3S. The Balaban J connectivity index is 1.51. The molecule has 0 atom stereocenters. The van der Waals surface area contributed by atoms with Gasteiger partial charge in [-0.3, -0.25) is 0 Å². The Bertz CT molecular complexity index is 1380. The predicted octanol–water partition coefficient (Wildman–Crippen LogP) is 5.05. The second-order valence-electron chi connectivity index (χ2n) is 8.57. The van der Waals surface area contributed by atoms with Gasteiger partial charge >= 0.3 is 0 Å². The summed E-state index contributed by atoms with van der Waals surface area (Å²) in [6.07, 6.45) is 1.73. The largest absolute Gasteiger partial charge is 0.488 e. The summed E-state index contributed by atoms with van der Waals surface area (Å²) >= 11 is 1.52. The lowest BCUT2D eigenvalue weighted by atomic mass is 10.1. The van der Waals surface area contributed by atoms with Crippen molar-refractivity contribution in [2.45, 2.75) is 39.5 Å². The van der Waals surface area contributed by atoms with Crippen molar-refractivity contribution in [3.8, 4) is 34.6 Å². The molecule has 0 amide bonds. The zero-order valence-electron chi connectivity index (χ0n) is 19.4. The third kappa shape index (κ3) is 5.95. The number of nitrogens with zero attached hydrogens (tertiary/aromatic N) is 4. The van der Waals surface area contributed by atoms with Gasteiger partial charge < -0.3 is 20.3 Å². The highest BCUT2D eigenvalue weighted by Crippen LogP contribution is 2.32. The molecule has 0 aliphatic heterocycles. The third-order valence-corrected chi connectivity index (χ3v) is 5.79. The standard InChI is InChI=1S/C25H24FN5O3S/c1-15-29-12-21(35-15)13-33-19-8-17(26)9-20(10-19)34-18-6-4-16(5-7-18)23-22(11-27)24(28)31(30-23)14-25(2,3)32/h4-10,12,32H,13-14,28H2,1-3H3. The van der Waals surface area contributed by atoms with Gasteiger partial charge in [-0.25, -0.2) is 14.1 Å². The Hall–Kier alpha value is -3.94. The summed E-state index contributed by atoms with van der Waals surface area (Å²) < 4.78 is 27.1. The number of ether oxygens (including phenoxy) is 2. The maximum absolute atomic E-state index is 14.1. The lowest BCUT2D eigenvalue weighted by Gasteiger charge is -2.17. The zero-order valence-corrected chi connectivity index (χ0v) is 20.3. The van der Waals surface area contributed by atoms with Crippen LogP contribution in [0, 0.1) is 24.1 Å². The number of hydrogen-bond donors (Lipinski definition) is 2. The van der Waals surface area contributed by atoms with Crippen LogP contribution in [-0.2, 0) is 13.2 Å². The molecule has 0 aliphatic rings. The molecule has 0 fully saturated rings. The van der Waals surface area contributed by atoms with Crippen LogP contribution in [0.2, 0.25) is 0 Å². The summed E-state index contributed by atoms with van der Waals surface area (Å²) in [6.45, 7) is 5.60. The molecular weight excluding hydrogens is 469 g/mol. The van der Waals surface area contributed by atoms with Crippen LogP contribution in [-0.4, -0.2) is 25.5 Å². The highest BCUT2D eigenvalue weighted by atomic mass is 32.1. The van der Waals surface area contributed by atoms with E-state index in [1.807, 2.05) is 6.92 Å². The second-order valence-corrected chi connectivity index (χ2v) is 9.89. The van der Waals surface area contributed by atoms with Crippen LogP contribution < -0.4 is 15.2 Å². The number of nitriles is 1. The number of hydrogen-bond acceptors (Lipinski definition) is 8. The molecule has 3 N–H and O–H groups in total. The molecule has 4 aromatic rings. The first kappa shape index (κ1) is 24.2. The van der Waals surface area contributed by atoms with Gasteiger partial charge in [-0.2, -0.15) is 10.4 Å². The fourth-order valence-corrected chi connectivity index (χ4v) is 4.11. The zero-order chi connectivity index (χ0) is 25.2. The van der Waals surface area contributed by atoms with Gasteiger partial charge in [0.05, 0.1) is 22.0 Å². The van der Waals surface area contributed by atoms with Crippen molar-refractivity contribution < 1.29 is 19.0 Å². The second kappa shape index (κ2) is 9.74. The Morgan fingerprint density at radius 1 is 1.17 bits per heavy atom. The first-order chi connectivity index (χ1) is 16.6. The van der Waals surface area contributed by atoms with E-state index in [2.05, 4.69) is 16.2 Å². The van der Waals surface area contributed by atoms with Crippen molar-refractivity contribution in [2.75, 3.05) is 5.73 Å². The number of aromatic nitrogens is 3. The minimum Gasteiger partial charge on any atom is -0.488 e. The SMILES string of the molecule is Cc1ncc(COc2cc(F)cc(Oc3ccc(-c4nn(CC(C)(C)O)c(N)c4C#N)cc3)c2)s1. The van der Waals surface area contributed by atoms with E-state index >= 15 is 0 Å². The van der Waals surface area contributed by atoms with Gasteiger partial charge in [0, 0.05) is 30.0 Å². The molecule has 4 rings (SSSR count). The fraction of sp³-hybridized carbons (Fsp3) is 0.240. The number of aryl methyl sites for hydroxylation is 1. The molecule has 35 heavy (non-hydrogen) atoms. The van der Waals surface area contributed by atoms with Crippen LogP contribution in [0.1, 0.15) is 29.3 Å². The van der Waals surface area contributed by atoms with Crippen molar-refractivity contribution >= 4 is 17.2 Å². The number of benzene rings is 2. The minimum atomic E-state index is -1.05. The summed E-state index contributed by atoms with van der Waals surface area (Å²) in [7, 11) is 0. The summed E-state index contributed by atoms with van der Waals surface area (Å²) in [5.41, 5.74) is 6.31.